The Morgan fingerprint density at radius 1 is 1.62 bits per heavy atom. The third-order valence-electron chi connectivity index (χ3n) is 1.48. The van der Waals surface area contributed by atoms with Crippen LogP contribution in [0, 0.1) is 6.92 Å². The maximum absolute atomic E-state index is 5.35. The van der Waals surface area contributed by atoms with Crippen molar-refractivity contribution >= 4 is 11.3 Å². The molecule has 2 N–H and O–H groups in total. The summed E-state index contributed by atoms with van der Waals surface area (Å²) in [6.45, 7) is 2.22. The first-order valence-corrected chi connectivity index (χ1v) is 4.56. The molecule has 0 atom stereocenters. The Labute approximate surface area is 78.6 Å². The first-order chi connectivity index (χ1) is 6.29. The van der Waals surface area contributed by atoms with Gasteiger partial charge in [-0.2, -0.15) is 4.98 Å². The van der Waals surface area contributed by atoms with Crippen LogP contribution in [0.5, 0.6) is 0 Å². The molecule has 0 saturated carbocycles. The predicted molar refractivity (Wildman–Crippen MR) is 48.0 cm³/mol. The maximum atomic E-state index is 5.35. The molecular formula is C7H8N4OS. The molecule has 2 heterocycles. The van der Waals surface area contributed by atoms with Crippen molar-refractivity contribution < 1.29 is 4.52 Å². The summed E-state index contributed by atoms with van der Waals surface area (Å²) in [5.74, 6) is 1.01. The Morgan fingerprint density at radius 2 is 2.46 bits per heavy atom. The molecule has 5 nitrogen and oxygen atoms in total. The quantitative estimate of drug-likeness (QED) is 0.774. The molecule has 0 aliphatic rings. The Hall–Kier alpha value is -1.27. The van der Waals surface area contributed by atoms with Crippen LogP contribution in [0.15, 0.2) is 10.7 Å². The molecule has 0 aliphatic heterocycles. The molecule has 0 saturated heterocycles. The van der Waals surface area contributed by atoms with E-state index in [2.05, 4.69) is 15.1 Å². The fourth-order valence-electron chi connectivity index (χ4n) is 0.897. The van der Waals surface area contributed by atoms with Crippen LogP contribution in [0.2, 0.25) is 0 Å². The van der Waals surface area contributed by atoms with Crippen LogP contribution in [0.4, 0.5) is 0 Å². The van der Waals surface area contributed by atoms with E-state index in [1.807, 2.05) is 6.92 Å². The number of thiazole rings is 1. The minimum Gasteiger partial charge on any atom is -0.333 e. The zero-order chi connectivity index (χ0) is 9.26. The van der Waals surface area contributed by atoms with Gasteiger partial charge in [0.05, 0.1) is 17.7 Å². The minimum atomic E-state index is 0.293. The molecule has 13 heavy (non-hydrogen) atoms. The molecule has 2 aromatic heterocycles. The molecular weight excluding hydrogens is 188 g/mol. The van der Waals surface area contributed by atoms with Crippen molar-refractivity contribution in [1.29, 1.82) is 0 Å². The van der Waals surface area contributed by atoms with Gasteiger partial charge in [0.15, 0.2) is 5.82 Å². The van der Waals surface area contributed by atoms with Crippen molar-refractivity contribution in [2.45, 2.75) is 13.5 Å². The second kappa shape index (κ2) is 3.23. The normalized spacial score (nSPS) is 10.6. The first-order valence-electron chi connectivity index (χ1n) is 3.75. The van der Waals surface area contributed by atoms with E-state index in [1.54, 1.807) is 6.20 Å². The molecule has 2 rings (SSSR count). The summed E-state index contributed by atoms with van der Waals surface area (Å²) < 4.78 is 4.98. The highest BCUT2D eigenvalue weighted by molar-refractivity contribution is 7.14. The second-order valence-electron chi connectivity index (χ2n) is 2.46. The summed E-state index contributed by atoms with van der Waals surface area (Å²) in [6, 6.07) is 0. The Balaban J connectivity index is 2.35. The molecule has 0 unspecified atom stereocenters. The van der Waals surface area contributed by atoms with Crippen LogP contribution < -0.4 is 5.73 Å². The van der Waals surface area contributed by atoms with E-state index in [4.69, 9.17) is 10.3 Å². The van der Waals surface area contributed by atoms with Gasteiger partial charge in [0.1, 0.15) is 4.88 Å². The summed E-state index contributed by atoms with van der Waals surface area (Å²) in [4.78, 5) is 9.05. The zero-order valence-electron chi connectivity index (χ0n) is 7.02. The number of nitrogens with two attached hydrogens (primary N) is 1. The number of aromatic nitrogens is 3. The Bertz CT molecular complexity index is 408. The summed E-state index contributed by atoms with van der Waals surface area (Å²) in [6.07, 6.45) is 1.72. The molecule has 0 amide bonds. The molecule has 0 spiro atoms. The highest BCUT2D eigenvalue weighted by atomic mass is 32.1. The predicted octanol–water partition coefficient (Wildman–Crippen LogP) is 0.960. The molecule has 0 bridgehead atoms. The number of nitrogens with zero attached hydrogens (tertiary/aromatic N) is 3. The van der Waals surface area contributed by atoms with Crippen molar-refractivity contribution in [1.82, 2.24) is 15.1 Å². The smallest absolute Gasteiger partial charge is 0.269 e. The van der Waals surface area contributed by atoms with E-state index in [9.17, 15) is 0 Å². The lowest BCUT2D eigenvalue weighted by atomic mass is 10.5. The Morgan fingerprint density at radius 3 is 3.00 bits per heavy atom. The molecule has 0 aliphatic carbocycles. The highest BCUT2D eigenvalue weighted by Crippen LogP contribution is 2.23. The van der Waals surface area contributed by atoms with E-state index < -0.39 is 0 Å². The van der Waals surface area contributed by atoms with Crippen LogP contribution in [0.1, 0.15) is 10.8 Å². The van der Waals surface area contributed by atoms with Crippen LogP contribution in [-0.2, 0) is 6.54 Å². The fraction of sp³-hybridized carbons (Fsp3) is 0.286. The van der Waals surface area contributed by atoms with Gasteiger partial charge in [-0.15, -0.1) is 11.3 Å². The minimum absolute atomic E-state index is 0.293. The average Bonchev–Trinajstić information content (AvgIpc) is 2.71. The van der Waals surface area contributed by atoms with Crippen LogP contribution in [-0.4, -0.2) is 15.1 Å². The van der Waals surface area contributed by atoms with E-state index in [1.165, 1.54) is 11.3 Å². The largest absolute Gasteiger partial charge is 0.333 e. The van der Waals surface area contributed by atoms with Gasteiger partial charge in [-0.05, 0) is 6.92 Å². The van der Waals surface area contributed by atoms with Crippen LogP contribution in [0.25, 0.3) is 10.8 Å². The standard InChI is InChI=1S/C7H8N4OS/c1-4-9-3-5(13-4)7-10-6(2-8)11-12-7/h3H,2,8H2,1H3. The fourth-order valence-corrected chi connectivity index (χ4v) is 1.60. The van der Waals surface area contributed by atoms with E-state index >= 15 is 0 Å². The van der Waals surface area contributed by atoms with Gasteiger partial charge < -0.3 is 10.3 Å². The van der Waals surface area contributed by atoms with Crippen molar-refractivity contribution in [3.05, 3.63) is 17.0 Å². The third-order valence-corrected chi connectivity index (χ3v) is 2.38. The molecule has 2 aromatic rings. The van der Waals surface area contributed by atoms with Gasteiger partial charge in [-0.25, -0.2) is 4.98 Å². The van der Waals surface area contributed by atoms with Gasteiger partial charge in [-0.3, -0.25) is 0 Å². The molecule has 6 heteroatoms. The molecule has 68 valence electrons. The molecule has 0 fully saturated rings. The number of hydrogen-bond acceptors (Lipinski definition) is 6. The average molecular weight is 196 g/mol. The van der Waals surface area contributed by atoms with Crippen molar-refractivity contribution in [2.24, 2.45) is 5.73 Å². The monoisotopic (exact) mass is 196 g/mol. The lowest BCUT2D eigenvalue weighted by molar-refractivity contribution is 0.423. The van der Waals surface area contributed by atoms with Crippen molar-refractivity contribution in [3.63, 3.8) is 0 Å². The summed E-state index contributed by atoms with van der Waals surface area (Å²) >= 11 is 1.52. The molecule has 0 aromatic carbocycles. The summed E-state index contributed by atoms with van der Waals surface area (Å²) in [5.41, 5.74) is 5.35. The number of rotatable bonds is 2. The maximum Gasteiger partial charge on any atom is 0.269 e. The third kappa shape index (κ3) is 1.58. The second-order valence-corrected chi connectivity index (χ2v) is 3.70. The van der Waals surface area contributed by atoms with E-state index in [-0.39, 0.29) is 0 Å². The van der Waals surface area contributed by atoms with E-state index in [0.29, 0.717) is 18.3 Å². The zero-order valence-corrected chi connectivity index (χ0v) is 7.84. The summed E-state index contributed by atoms with van der Waals surface area (Å²) in [5, 5.41) is 4.66. The van der Waals surface area contributed by atoms with Crippen LogP contribution >= 0.6 is 11.3 Å². The van der Waals surface area contributed by atoms with Crippen LogP contribution in [0.3, 0.4) is 0 Å². The van der Waals surface area contributed by atoms with Gasteiger partial charge >= 0.3 is 0 Å². The van der Waals surface area contributed by atoms with Crippen molar-refractivity contribution in [2.75, 3.05) is 0 Å². The van der Waals surface area contributed by atoms with E-state index in [0.717, 1.165) is 9.88 Å². The van der Waals surface area contributed by atoms with Gasteiger partial charge in [-0.1, -0.05) is 5.16 Å². The van der Waals surface area contributed by atoms with Gasteiger partial charge in [0.2, 0.25) is 0 Å². The van der Waals surface area contributed by atoms with Crippen molar-refractivity contribution in [3.8, 4) is 10.8 Å². The topological polar surface area (TPSA) is 77.8 Å². The SMILES string of the molecule is Cc1ncc(-c2nc(CN)no2)s1. The summed E-state index contributed by atoms with van der Waals surface area (Å²) in [7, 11) is 0. The lowest BCUT2D eigenvalue weighted by Crippen LogP contribution is -1.97. The Kier molecular flexibility index (Phi) is 2.07. The van der Waals surface area contributed by atoms with Gasteiger partial charge in [0.25, 0.3) is 5.89 Å². The number of aryl methyl sites for hydroxylation is 1. The van der Waals surface area contributed by atoms with Gasteiger partial charge in [0, 0.05) is 0 Å². The molecule has 0 radical (unpaired) electrons. The first kappa shape index (κ1) is 8.33. The highest BCUT2D eigenvalue weighted by Gasteiger charge is 2.09. The number of hydrogen-bond donors (Lipinski definition) is 1. The lowest BCUT2D eigenvalue weighted by Gasteiger charge is -1.81.